The third kappa shape index (κ3) is 1.66. The molecule has 2 aliphatic carbocycles. The van der Waals surface area contributed by atoms with Crippen molar-refractivity contribution in [3.05, 3.63) is 11.8 Å². The fourth-order valence-electron chi connectivity index (χ4n) is 3.45. The Bertz CT molecular complexity index is 417. The van der Waals surface area contributed by atoms with Crippen LogP contribution in [0.5, 0.6) is 0 Å². The van der Waals surface area contributed by atoms with Crippen molar-refractivity contribution in [1.82, 2.24) is 9.78 Å². The molecule has 4 heteroatoms. The third-order valence-corrected chi connectivity index (χ3v) is 4.87. The Labute approximate surface area is 109 Å². The fourth-order valence-corrected chi connectivity index (χ4v) is 3.45. The molecule has 0 amide bonds. The summed E-state index contributed by atoms with van der Waals surface area (Å²) in [4.78, 5) is 0. The molecular weight excluding hydrogens is 226 g/mol. The number of aryl methyl sites for hydroxylation is 2. The highest BCUT2D eigenvalue weighted by Gasteiger charge is 2.59. The van der Waals surface area contributed by atoms with E-state index in [4.69, 9.17) is 4.74 Å². The summed E-state index contributed by atoms with van der Waals surface area (Å²) >= 11 is 0. The summed E-state index contributed by atoms with van der Waals surface area (Å²) in [5.41, 5.74) is 1.60. The van der Waals surface area contributed by atoms with Gasteiger partial charge in [0.1, 0.15) is 5.82 Å². The van der Waals surface area contributed by atoms with Gasteiger partial charge in [-0.1, -0.05) is 6.42 Å². The second kappa shape index (κ2) is 4.26. The van der Waals surface area contributed by atoms with Crippen molar-refractivity contribution in [2.75, 3.05) is 11.9 Å². The molecule has 1 spiro atoms. The molecule has 1 N–H and O–H groups in total. The summed E-state index contributed by atoms with van der Waals surface area (Å²) < 4.78 is 7.79. The molecule has 1 heterocycles. The molecule has 0 aliphatic heterocycles. The second-order valence-electron chi connectivity index (χ2n) is 5.76. The predicted molar refractivity (Wildman–Crippen MR) is 71.7 cm³/mol. The highest BCUT2D eigenvalue weighted by atomic mass is 16.5. The predicted octanol–water partition coefficient (Wildman–Crippen LogP) is 2.49. The first-order valence-corrected chi connectivity index (χ1v) is 7.04. The summed E-state index contributed by atoms with van der Waals surface area (Å²) in [7, 11) is 1.99. The molecular formula is C14H23N3O. The van der Waals surface area contributed by atoms with Gasteiger partial charge >= 0.3 is 0 Å². The smallest absolute Gasteiger partial charge is 0.148 e. The minimum Gasteiger partial charge on any atom is -0.378 e. The van der Waals surface area contributed by atoms with Gasteiger partial charge in [0.05, 0.1) is 6.10 Å². The number of hydrogen-bond acceptors (Lipinski definition) is 3. The van der Waals surface area contributed by atoms with Crippen LogP contribution >= 0.6 is 0 Å². The summed E-state index contributed by atoms with van der Waals surface area (Å²) in [6.07, 6.45) is 5.56. The van der Waals surface area contributed by atoms with E-state index in [1.165, 1.54) is 25.0 Å². The van der Waals surface area contributed by atoms with E-state index in [1.807, 2.05) is 11.7 Å². The first-order chi connectivity index (χ1) is 8.65. The van der Waals surface area contributed by atoms with E-state index in [9.17, 15) is 0 Å². The van der Waals surface area contributed by atoms with Crippen LogP contribution in [-0.4, -0.2) is 28.5 Å². The molecule has 2 unspecified atom stereocenters. The number of rotatable bonds is 4. The van der Waals surface area contributed by atoms with Crippen LogP contribution in [0.25, 0.3) is 0 Å². The lowest BCUT2D eigenvalue weighted by Gasteiger charge is -2.61. The average Bonchev–Trinajstić information content (AvgIpc) is 2.54. The normalized spacial score (nSPS) is 28.8. The lowest BCUT2D eigenvalue weighted by atomic mass is 9.51. The summed E-state index contributed by atoms with van der Waals surface area (Å²) in [5.74, 6) is 1.02. The van der Waals surface area contributed by atoms with Crippen molar-refractivity contribution in [2.45, 2.75) is 51.7 Å². The molecule has 2 saturated carbocycles. The van der Waals surface area contributed by atoms with Gasteiger partial charge in [-0.25, -0.2) is 0 Å². The minimum absolute atomic E-state index is 0.404. The number of nitrogens with one attached hydrogen (secondary N) is 1. The van der Waals surface area contributed by atoms with Crippen molar-refractivity contribution >= 4 is 5.82 Å². The van der Waals surface area contributed by atoms with Crippen molar-refractivity contribution < 1.29 is 4.74 Å². The van der Waals surface area contributed by atoms with E-state index in [0.29, 0.717) is 17.6 Å². The van der Waals surface area contributed by atoms with Gasteiger partial charge in [-0.3, -0.25) is 4.68 Å². The number of ether oxygens (including phenoxy) is 1. The van der Waals surface area contributed by atoms with E-state index >= 15 is 0 Å². The molecule has 0 bridgehead atoms. The molecule has 2 aliphatic rings. The fraction of sp³-hybridized carbons (Fsp3) is 0.786. The molecule has 0 aromatic carbocycles. The Balaban J connectivity index is 1.67. The van der Waals surface area contributed by atoms with E-state index in [-0.39, 0.29) is 0 Å². The van der Waals surface area contributed by atoms with Gasteiger partial charge in [0.15, 0.2) is 0 Å². The van der Waals surface area contributed by atoms with Crippen LogP contribution in [0.2, 0.25) is 0 Å². The molecule has 0 saturated heterocycles. The van der Waals surface area contributed by atoms with Crippen molar-refractivity contribution in [3.63, 3.8) is 0 Å². The lowest BCUT2D eigenvalue weighted by molar-refractivity contribution is -0.157. The van der Waals surface area contributed by atoms with Crippen molar-refractivity contribution in [2.24, 2.45) is 12.5 Å². The maximum absolute atomic E-state index is 5.87. The molecule has 4 nitrogen and oxygen atoms in total. The van der Waals surface area contributed by atoms with Gasteiger partial charge in [-0.2, -0.15) is 5.10 Å². The third-order valence-electron chi connectivity index (χ3n) is 4.87. The Morgan fingerprint density at radius 1 is 1.56 bits per heavy atom. The standard InChI is InChI=1S/C14H23N3O/c1-4-18-12-9-11(14(12)6-5-7-14)15-13-8-10(2)17(3)16-13/h8,11-12H,4-7,9H2,1-3H3,(H,15,16). The number of hydrogen-bond donors (Lipinski definition) is 1. The minimum atomic E-state index is 0.404. The summed E-state index contributed by atoms with van der Waals surface area (Å²) in [5, 5.41) is 8.10. The zero-order valence-corrected chi connectivity index (χ0v) is 11.6. The number of nitrogens with zero attached hydrogens (tertiary/aromatic N) is 2. The van der Waals surface area contributed by atoms with Crippen LogP contribution in [0.3, 0.4) is 0 Å². The molecule has 100 valence electrons. The monoisotopic (exact) mass is 249 g/mol. The number of anilines is 1. The largest absolute Gasteiger partial charge is 0.378 e. The lowest BCUT2D eigenvalue weighted by Crippen LogP contribution is -2.64. The molecule has 2 fully saturated rings. The highest BCUT2D eigenvalue weighted by Crippen LogP contribution is 2.58. The van der Waals surface area contributed by atoms with Crippen LogP contribution < -0.4 is 5.32 Å². The molecule has 3 rings (SSSR count). The zero-order valence-electron chi connectivity index (χ0n) is 11.6. The number of aromatic nitrogens is 2. The first kappa shape index (κ1) is 12.0. The van der Waals surface area contributed by atoms with Gasteiger partial charge in [-0.05, 0) is 33.1 Å². The Morgan fingerprint density at radius 2 is 2.33 bits per heavy atom. The van der Waals surface area contributed by atoms with Crippen LogP contribution in [0, 0.1) is 12.3 Å². The summed E-state index contributed by atoms with van der Waals surface area (Å²) in [6.45, 7) is 5.01. The molecule has 18 heavy (non-hydrogen) atoms. The maximum Gasteiger partial charge on any atom is 0.148 e. The van der Waals surface area contributed by atoms with Gasteiger partial charge in [0.25, 0.3) is 0 Å². The topological polar surface area (TPSA) is 39.1 Å². The Morgan fingerprint density at radius 3 is 2.83 bits per heavy atom. The second-order valence-corrected chi connectivity index (χ2v) is 5.76. The van der Waals surface area contributed by atoms with Gasteiger partial charge < -0.3 is 10.1 Å². The first-order valence-electron chi connectivity index (χ1n) is 7.04. The van der Waals surface area contributed by atoms with E-state index in [2.05, 4.69) is 30.3 Å². The molecule has 1 aromatic heterocycles. The van der Waals surface area contributed by atoms with Crippen LogP contribution in [-0.2, 0) is 11.8 Å². The Hall–Kier alpha value is -1.03. The molecule has 1 aromatic rings. The van der Waals surface area contributed by atoms with Crippen molar-refractivity contribution in [1.29, 1.82) is 0 Å². The average molecular weight is 249 g/mol. The summed E-state index contributed by atoms with van der Waals surface area (Å²) in [6, 6.07) is 2.68. The van der Waals surface area contributed by atoms with Gasteiger partial charge in [0.2, 0.25) is 0 Å². The van der Waals surface area contributed by atoms with Crippen molar-refractivity contribution in [3.8, 4) is 0 Å². The van der Waals surface area contributed by atoms with Crippen LogP contribution in [0.4, 0.5) is 5.82 Å². The molecule has 0 radical (unpaired) electrons. The van der Waals surface area contributed by atoms with Crippen LogP contribution in [0.15, 0.2) is 6.07 Å². The van der Waals surface area contributed by atoms with E-state index in [1.54, 1.807) is 0 Å². The highest BCUT2D eigenvalue weighted by molar-refractivity contribution is 5.39. The van der Waals surface area contributed by atoms with E-state index in [0.717, 1.165) is 18.8 Å². The molecule has 2 atom stereocenters. The maximum atomic E-state index is 5.87. The van der Waals surface area contributed by atoms with E-state index < -0.39 is 0 Å². The zero-order chi connectivity index (χ0) is 12.8. The van der Waals surface area contributed by atoms with Gasteiger partial charge in [0, 0.05) is 36.9 Å². The van der Waals surface area contributed by atoms with Crippen LogP contribution in [0.1, 0.15) is 38.3 Å². The quantitative estimate of drug-likeness (QED) is 0.891. The SMILES string of the molecule is CCOC1CC(Nc2cc(C)n(C)n2)C12CCC2. The van der Waals surface area contributed by atoms with Gasteiger partial charge in [-0.15, -0.1) is 0 Å². The Kier molecular flexibility index (Phi) is 2.85.